The van der Waals surface area contributed by atoms with E-state index in [2.05, 4.69) is 15.5 Å². The van der Waals surface area contributed by atoms with Crippen LogP contribution in [-0.2, 0) is 4.79 Å². The van der Waals surface area contributed by atoms with E-state index < -0.39 is 0 Å². The van der Waals surface area contributed by atoms with Gasteiger partial charge < -0.3 is 14.7 Å². The van der Waals surface area contributed by atoms with E-state index in [4.69, 9.17) is 4.52 Å². The Hall–Kier alpha value is -3.53. The molecule has 3 heterocycles. The number of fused-ring (bicyclic) bond motifs is 1. The number of nitrogens with zero attached hydrogens (tertiary/aromatic N) is 5. The highest BCUT2D eigenvalue weighted by Gasteiger charge is 2.26. The number of pyridine rings is 1. The van der Waals surface area contributed by atoms with Crippen molar-refractivity contribution in [3.8, 4) is 0 Å². The minimum atomic E-state index is -0.348. The first-order valence-corrected chi connectivity index (χ1v) is 9.24. The summed E-state index contributed by atoms with van der Waals surface area (Å²) >= 11 is 0. The summed E-state index contributed by atoms with van der Waals surface area (Å²) in [6.45, 7) is 4.39. The lowest BCUT2D eigenvalue weighted by molar-refractivity contribution is -0.382. The molecule has 1 N–H and O–H groups in total. The Balaban J connectivity index is 1.42. The number of hydrogen-bond donors (Lipinski definition) is 1. The highest BCUT2D eigenvalue weighted by atomic mass is 16.6. The number of carbonyl (C=O) groups excluding carboxylic acids is 1. The first kappa shape index (κ1) is 18.8. The third kappa shape index (κ3) is 4.02. The molecule has 1 aliphatic rings. The van der Waals surface area contributed by atoms with E-state index in [0.29, 0.717) is 54.3 Å². The van der Waals surface area contributed by atoms with Crippen LogP contribution in [-0.4, -0.2) is 58.6 Å². The van der Waals surface area contributed by atoms with Crippen LogP contribution in [0.1, 0.15) is 5.76 Å². The van der Waals surface area contributed by atoms with Gasteiger partial charge in [-0.15, -0.1) is 0 Å². The Morgan fingerprint density at radius 1 is 1.28 bits per heavy atom. The third-order valence-electron chi connectivity index (χ3n) is 4.89. The van der Waals surface area contributed by atoms with Crippen molar-refractivity contribution in [3.05, 3.63) is 52.4 Å². The maximum Gasteiger partial charge on any atom is 0.301 e. The van der Waals surface area contributed by atoms with Crippen LogP contribution >= 0.6 is 0 Å². The standard InChI is InChI=1S/C19H20N6O4/c1-13-11-17(22-29-13)21-18(26)12-23-7-9-24(10-8-23)16-5-4-15-14(3-2-6-20-15)19(16)25(27)28/h2-6,11H,7-10,12H2,1H3,(H,21,22,26). The summed E-state index contributed by atoms with van der Waals surface area (Å²) in [5, 5.41) is 18.7. The predicted molar refractivity (Wildman–Crippen MR) is 107 cm³/mol. The van der Waals surface area contributed by atoms with Gasteiger partial charge in [-0.05, 0) is 31.2 Å². The minimum Gasteiger partial charge on any atom is -0.363 e. The number of nitrogens with one attached hydrogen (secondary N) is 1. The van der Waals surface area contributed by atoms with Gasteiger partial charge in [-0.1, -0.05) is 5.16 Å². The van der Waals surface area contributed by atoms with Crippen LogP contribution in [0.2, 0.25) is 0 Å². The minimum absolute atomic E-state index is 0.0724. The first-order chi connectivity index (χ1) is 14.0. The number of aromatic nitrogens is 2. The van der Waals surface area contributed by atoms with Crippen molar-refractivity contribution in [1.82, 2.24) is 15.0 Å². The molecule has 2 aromatic heterocycles. The summed E-state index contributed by atoms with van der Waals surface area (Å²) in [5.41, 5.74) is 1.25. The van der Waals surface area contributed by atoms with Gasteiger partial charge in [0.25, 0.3) is 0 Å². The highest BCUT2D eigenvalue weighted by Crippen LogP contribution is 2.35. The molecule has 4 rings (SSSR count). The molecule has 1 aliphatic heterocycles. The predicted octanol–water partition coefficient (Wildman–Crippen LogP) is 2.20. The fourth-order valence-electron chi connectivity index (χ4n) is 3.53. The average molecular weight is 396 g/mol. The van der Waals surface area contributed by atoms with Gasteiger partial charge >= 0.3 is 5.69 Å². The molecule has 1 saturated heterocycles. The molecule has 150 valence electrons. The van der Waals surface area contributed by atoms with E-state index >= 15 is 0 Å². The van der Waals surface area contributed by atoms with E-state index in [1.807, 2.05) is 9.80 Å². The Morgan fingerprint density at radius 3 is 2.76 bits per heavy atom. The van der Waals surface area contributed by atoms with Crippen LogP contribution in [0.15, 0.2) is 41.1 Å². The molecule has 0 saturated carbocycles. The Bertz CT molecular complexity index is 1060. The number of benzene rings is 1. The summed E-state index contributed by atoms with van der Waals surface area (Å²) in [7, 11) is 0. The van der Waals surface area contributed by atoms with Crippen molar-refractivity contribution < 1.29 is 14.2 Å². The fraction of sp³-hybridized carbons (Fsp3) is 0.316. The van der Waals surface area contributed by atoms with Crippen molar-refractivity contribution in [2.75, 3.05) is 42.9 Å². The van der Waals surface area contributed by atoms with Gasteiger partial charge in [0.2, 0.25) is 5.91 Å². The second-order valence-electron chi connectivity index (χ2n) is 6.89. The number of piperazine rings is 1. The molecule has 0 spiro atoms. The molecule has 0 aliphatic carbocycles. The molecule has 0 bridgehead atoms. The second-order valence-corrected chi connectivity index (χ2v) is 6.89. The molecule has 10 heteroatoms. The lowest BCUT2D eigenvalue weighted by atomic mass is 10.1. The van der Waals surface area contributed by atoms with Gasteiger partial charge in [-0.3, -0.25) is 24.8 Å². The summed E-state index contributed by atoms with van der Waals surface area (Å²) in [4.78, 5) is 31.8. The molecule has 0 radical (unpaired) electrons. The first-order valence-electron chi connectivity index (χ1n) is 9.24. The van der Waals surface area contributed by atoms with Crippen LogP contribution in [0.3, 0.4) is 0 Å². The summed E-state index contributed by atoms with van der Waals surface area (Å²) in [6.07, 6.45) is 1.62. The number of aryl methyl sites for hydroxylation is 1. The zero-order valence-electron chi connectivity index (χ0n) is 15.9. The van der Waals surface area contributed by atoms with E-state index in [1.165, 1.54) is 0 Å². The molecule has 1 fully saturated rings. The number of nitro groups is 1. The van der Waals surface area contributed by atoms with Crippen molar-refractivity contribution in [2.24, 2.45) is 0 Å². The molecule has 0 atom stereocenters. The van der Waals surface area contributed by atoms with Crippen LogP contribution in [0.4, 0.5) is 17.2 Å². The zero-order chi connectivity index (χ0) is 20.4. The van der Waals surface area contributed by atoms with Crippen LogP contribution < -0.4 is 10.2 Å². The average Bonchev–Trinajstić information content (AvgIpc) is 3.12. The number of carbonyl (C=O) groups is 1. The van der Waals surface area contributed by atoms with Crippen LogP contribution in [0.25, 0.3) is 10.9 Å². The lowest BCUT2D eigenvalue weighted by Crippen LogP contribution is -2.48. The number of anilines is 2. The Kier molecular flexibility index (Phi) is 5.09. The Morgan fingerprint density at radius 2 is 2.07 bits per heavy atom. The van der Waals surface area contributed by atoms with Crippen molar-refractivity contribution in [3.63, 3.8) is 0 Å². The summed E-state index contributed by atoms with van der Waals surface area (Å²) in [5.74, 6) is 0.849. The monoisotopic (exact) mass is 396 g/mol. The highest BCUT2D eigenvalue weighted by molar-refractivity contribution is 5.94. The number of rotatable bonds is 5. The normalized spacial score (nSPS) is 14.9. The van der Waals surface area contributed by atoms with Crippen molar-refractivity contribution in [2.45, 2.75) is 6.92 Å². The number of nitro benzene ring substituents is 1. The summed E-state index contributed by atoms with van der Waals surface area (Å²) < 4.78 is 4.93. The lowest BCUT2D eigenvalue weighted by Gasteiger charge is -2.35. The second kappa shape index (κ2) is 7.84. The SMILES string of the molecule is Cc1cc(NC(=O)CN2CCN(c3ccc4ncccc4c3[N+](=O)[O-])CC2)no1. The van der Waals surface area contributed by atoms with Crippen LogP contribution in [0, 0.1) is 17.0 Å². The van der Waals surface area contributed by atoms with Gasteiger partial charge in [0, 0.05) is 38.4 Å². The molecule has 1 aromatic carbocycles. The molecule has 10 nitrogen and oxygen atoms in total. The molecule has 29 heavy (non-hydrogen) atoms. The topological polar surface area (TPSA) is 118 Å². The maximum absolute atomic E-state index is 12.2. The molecular formula is C19H20N6O4. The molecular weight excluding hydrogens is 376 g/mol. The van der Waals surface area contributed by atoms with Gasteiger partial charge in [0.1, 0.15) is 11.4 Å². The van der Waals surface area contributed by atoms with Gasteiger partial charge in [0.05, 0.1) is 22.4 Å². The Labute approximate surface area is 166 Å². The maximum atomic E-state index is 12.2. The molecule has 3 aromatic rings. The zero-order valence-corrected chi connectivity index (χ0v) is 15.9. The van der Waals surface area contributed by atoms with E-state index in [9.17, 15) is 14.9 Å². The quantitative estimate of drug-likeness (QED) is 0.515. The van der Waals surface area contributed by atoms with Crippen LogP contribution in [0.5, 0.6) is 0 Å². The fourth-order valence-corrected chi connectivity index (χ4v) is 3.53. The van der Waals surface area contributed by atoms with E-state index in [1.54, 1.807) is 43.5 Å². The number of hydrogen-bond acceptors (Lipinski definition) is 8. The van der Waals surface area contributed by atoms with Crippen molar-refractivity contribution in [1.29, 1.82) is 0 Å². The van der Waals surface area contributed by atoms with Gasteiger partial charge in [-0.25, -0.2) is 0 Å². The smallest absolute Gasteiger partial charge is 0.301 e. The largest absolute Gasteiger partial charge is 0.363 e. The molecule has 1 amide bonds. The molecule has 0 unspecified atom stereocenters. The van der Waals surface area contributed by atoms with Gasteiger partial charge in [0.15, 0.2) is 5.82 Å². The summed E-state index contributed by atoms with van der Waals surface area (Å²) in [6, 6.07) is 8.63. The van der Waals surface area contributed by atoms with Gasteiger partial charge in [-0.2, -0.15) is 0 Å². The van der Waals surface area contributed by atoms with E-state index in [0.717, 1.165) is 0 Å². The third-order valence-corrected chi connectivity index (χ3v) is 4.89. The number of amides is 1. The van der Waals surface area contributed by atoms with Crippen molar-refractivity contribution >= 4 is 34.0 Å². The van der Waals surface area contributed by atoms with E-state index in [-0.39, 0.29) is 23.1 Å².